The summed E-state index contributed by atoms with van der Waals surface area (Å²) in [5, 5.41) is 13.9. The molecule has 0 saturated carbocycles. The number of piperidine rings is 1. The van der Waals surface area contributed by atoms with Crippen LogP contribution in [0.5, 0.6) is 5.75 Å². The Bertz CT molecular complexity index is 417. The first-order chi connectivity index (χ1) is 9.34. The van der Waals surface area contributed by atoms with Gasteiger partial charge in [-0.2, -0.15) is 0 Å². The second kappa shape index (κ2) is 5.86. The van der Waals surface area contributed by atoms with Gasteiger partial charge in [-0.3, -0.25) is 4.98 Å². The Hall–Kier alpha value is -1.17. The van der Waals surface area contributed by atoms with Crippen molar-refractivity contribution in [2.45, 2.75) is 37.5 Å². The molecular weight excluding hydrogens is 244 g/mol. The number of nitrogens with one attached hydrogen (secondary N) is 1. The normalized spacial score (nSPS) is 25.6. The lowest BCUT2D eigenvalue weighted by Gasteiger charge is -2.31. The fourth-order valence-electron chi connectivity index (χ4n) is 2.55. The number of hydrogen-bond acceptors (Lipinski definition) is 5. The Morgan fingerprint density at radius 2 is 2.32 bits per heavy atom. The molecule has 3 heterocycles. The molecule has 0 bridgehead atoms. The summed E-state index contributed by atoms with van der Waals surface area (Å²) in [6, 6.07) is 1.91. The summed E-state index contributed by atoms with van der Waals surface area (Å²) >= 11 is 0. The van der Waals surface area contributed by atoms with Gasteiger partial charge < -0.3 is 19.9 Å². The summed E-state index contributed by atoms with van der Waals surface area (Å²) < 4.78 is 10.9. The minimum atomic E-state index is -0.565. The largest absolute Gasteiger partial charge is 0.485 e. The molecule has 0 radical (unpaired) electrons. The third-order valence-corrected chi connectivity index (χ3v) is 3.76. The number of aliphatic hydroxyl groups is 1. The third kappa shape index (κ3) is 2.88. The zero-order chi connectivity index (χ0) is 13.1. The summed E-state index contributed by atoms with van der Waals surface area (Å²) in [6.07, 6.45) is 6.26. The van der Waals surface area contributed by atoms with Crippen molar-refractivity contribution < 1.29 is 14.6 Å². The lowest BCUT2D eigenvalue weighted by atomic mass is 9.95. The van der Waals surface area contributed by atoms with Crippen LogP contribution in [-0.4, -0.2) is 42.0 Å². The molecule has 104 valence electrons. The van der Waals surface area contributed by atoms with Crippen LogP contribution in [0.1, 0.15) is 30.9 Å². The van der Waals surface area contributed by atoms with Crippen molar-refractivity contribution in [3.8, 4) is 5.75 Å². The SMILES string of the molecule is OC(c1cnccc1OC1COC1)[C@H]1CCCCN1. The first-order valence-electron chi connectivity index (χ1n) is 6.94. The molecule has 2 N–H and O–H groups in total. The second-order valence-electron chi connectivity index (χ2n) is 5.19. The molecule has 19 heavy (non-hydrogen) atoms. The number of rotatable bonds is 4. The van der Waals surface area contributed by atoms with Crippen molar-refractivity contribution in [3.63, 3.8) is 0 Å². The second-order valence-corrected chi connectivity index (χ2v) is 5.19. The average molecular weight is 264 g/mol. The van der Waals surface area contributed by atoms with Crippen LogP contribution in [0.3, 0.4) is 0 Å². The van der Waals surface area contributed by atoms with Gasteiger partial charge in [-0.25, -0.2) is 0 Å². The molecule has 0 aromatic carbocycles. The van der Waals surface area contributed by atoms with E-state index >= 15 is 0 Å². The number of aliphatic hydroxyl groups excluding tert-OH is 1. The van der Waals surface area contributed by atoms with Crippen LogP contribution in [-0.2, 0) is 4.74 Å². The van der Waals surface area contributed by atoms with Gasteiger partial charge in [-0.15, -0.1) is 0 Å². The Labute approximate surface area is 112 Å². The minimum Gasteiger partial charge on any atom is -0.485 e. The molecule has 5 heteroatoms. The van der Waals surface area contributed by atoms with Crippen LogP contribution in [0.4, 0.5) is 0 Å². The van der Waals surface area contributed by atoms with E-state index in [4.69, 9.17) is 9.47 Å². The van der Waals surface area contributed by atoms with Crippen molar-refractivity contribution >= 4 is 0 Å². The summed E-state index contributed by atoms with van der Waals surface area (Å²) in [4.78, 5) is 4.11. The topological polar surface area (TPSA) is 63.6 Å². The quantitative estimate of drug-likeness (QED) is 0.850. The van der Waals surface area contributed by atoms with Crippen molar-refractivity contribution in [2.75, 3.05) is 19.8 Å². The molecule has 1 aromatic heterocycles. The maximum atomic E-state index is 10.5. The molecule has 2 aliphatic heterocycles. The molecule has 3 rings (SSSR count). The summed E-state index contributed by atoms with van der Waals surface area (Å²) in [6.45, 7) is 2.22. The van der Waals surface area contributed by atoms with Gasteiger partial charge in [0.25, 0.3) is 0 Å². The van der Waals surface area contributed by atoms with Gasteiger partial charge in [0.2, 0.25) is 0 Å². The molecule has 0 aliphatic carbocycles. The highest BCUT2D eigenvalue weighted by atomic mass is 16.6. The third-order valence-electron chi connectivity index (χ3n) is 3.76. The van der Waals surface area contributed by atoms with E-state index in [1.165, 1.54) is 6.42 Å². The van der Waals surface area contributed by atoms with Crippen molar-refractivity contribution in [1.29, 1.82) is 0 Å². The Balaban J connectivity index is 1.74. The molecule has 5 nitrogen and oxygen atoms in total. The number of aromatic nitrogens is 1. The van der Waals surface area contributed by atoms with E-state index in [-0.39, 0.29) is 12.1 Å². The first kappa shape index (κ1) is 12.8. The van der Waals surface area contributed by atoms with E-state index in [0.717, 1.165) is 30.7 Å². The first-order valence-corrected chi connectivity index (χ1v) is 6.94. The highest BCUT2D eigenvalue weighted by Crippen LogP contribution is 2.30. The molecule has 1 aromatic rings. The Morgan fingerprint density at radius 3 is 3.00 bits per heavy atom. The number of pyridine rings is 1. The van der Waals surface area contributed by atoms with Crippen LogP contribution >= 0.6 is 0 Å². The van der Waals surface area contributed by atoms with E-state index in [9.17, 15) is 5.11 Å². The Morgan fingerprint density at radius 1 is 1.42 bits per heavy atom. The molecule has 2 saturated heterocycles. The fourth-order valence-corrected chi connectivity index (χ4v) is 2.55. The van der Waals surface area contributed by atoms with Gasteiger partial charge in [-0.05, 0) is 25.5 Å². The van der Waals surface area contributed by atoms with E-state index in [1.54, 1.807) is 12.4 Å². The molecule has 0 spiro atoms. The van der Waals surface area contributed by atoms with Gasteiger partial charge in [0.15, 0.2) is 0 Å². The molecule has 2 fully saturated rings. The van der Waals surface area contributed by atoms with E-state index in [1.807, 2.05) is 6.07 Å². The smallest absolute Gasteiger partial charge is 0.145 e. The number of hydrogen-bond donors (Lipinski definition) is 2. The Kier molecular flexibility index (Phi) is 3.96. The maximum Gasteiger partial charge on any atom is 0.145 e. The highest BCUT2D eigenvalue weighted by molar-refractivity contribution is 5.33. The predicted molar refractivity (Wildman–Crippen MR) is 70.1 cm³/mol. The predicted octanol–water partition coefficient (Wildman–Crippen LogP) is 1.03. The molecule has 2 aliphatic rings. The maximum absolute atomic E-state index is 10.5. The lowest BCUT2D eigenvalue weighted by Crippen LogP contribution is -2.40. The number of ether oxygens (including phenoxy) is 2. The van der Waals surface area contributed by atoms with Gasteiger partial charge in [0.05, 0.1) is 19.3 Å². The molecule has 0 amide bonds. The van der Waals surface area contributed by atoms with Gasteiger partial charge >= 0.3 is 0 Å². The lowest BCUT2D eigenvalue weighted by molar-refractivity contribution is -0.0807. The summed E-state index contributed by atoms with van der Waals surface area (Å²) in [5.74, 6) is 0.725. The van der Waals surface area contributed by atoms with Gasteiger partial charge in [0, 0.05) is 24.0 Å². The monoisotopic (exact) mass is 264 g/mol. The average Bonchev–Trinajstić information content (AvgIpc) is 2.43. The van der Waals surface area contributed by atoms with Crippen molar-refractivity contribution in [3.05, 3.63) is 24.0 Å². The van der Waals surface area contributed by atoms with Crippen molar-refractivity contribution in [2.24, 2.45) is 0 Å². The van der Waals surface area contributed by atoms with Crippen LogP contribution in [0.15, 0.2) is 18.5 Å². The zero-order valence-electron chi connectivity index (χ0n) is 10.9. The van der Waals surface area contributed by atoms with Crippen LogP contribution in [0.2, 0.25) is 0 Å². The minimum absolute atomic E-state index is 0.0953. The molecule has 1 unspecified atom stereocenters. The van der Waals surface area contributed by atoms with E-state index < -0.39 is 6.10 Å². The summed E-state index contributed by atoms with van der Waals surface area (Å²) in [5.41, 5.74) is 0.772. The van der Waals surface area contributed by atoms with Crippen molar-refractivity contribution in [1.82, 2.24) is 10.3 Å². The van der Waals surface area contributed by atoms with Crippen LogP contribution in [0, 0.1) is 0 Å². The highest BCUT2D eigenvalue weighted by Gasteiger charge is 2.27. The summed E-state index contributed by atoms with van der Waals surface area (Å²) in [7, 11) is 0. The van der Waals surface area contributed by atoms with E-state index in [0.29, 0.717) is 13.2 Å². The van der Waals surface area contributed by atoms with Gasteiger partial charge in [0.1, 0.15) is 11.9 Å². The zero-order valence-corrected chi connectivity index (χ0v) is 10.9. The fraction of sp³-hybridized carbons (Fsp3) is 0.643. The standard InChI is InChI=1S/C14H20N2O3/c17-14(12-3-1-2-5-16-12)11-7-15-6-4-13(11)19-10-8-18-9-10/h4,6-7,10,12,14,16-17H,1-3,5,8-9H2/t12-,14?/m1/s1. The van der Waals surface area contributed by atoms with Gasteiger partial charge in [-0.1, -0.05) is 6.42 Å². The van der Waals surface area contributed by atoms with E-state index in [2.05, 4.69) is 10.3 Å². The number of nitrogens with zero attached hydrogens (tertiary/aromatic N) is 1. The molecule has 2 atom stereocenters. The van der Waals surface area contributed by atoms with Crippen LogP contribution < -0.4 is 10.1 Å². The molecular formula is C14H20N2O3. The van der Waals surface area contributed by atoms with Crippen LogP contribution in [0.25, 0.3) is 0 Å².